The highest BCUT2D eigenvalue weighted by atomic mass is 16.1. The lowest BCUT2D eigenvalue weighted by molar-refractivity contribution is 0.626. The van der Waals surface area contributed by atoms with Gasteiger partial charge in [0.25, 0.3) is 0 Å². The summed E-state index contributed by atoms with van der Waals surface area (Å²) in [5, 5.41) is 3.73. The van der Waals surface area contributed by atoms with Crippen molar-refractivity contribution in [2.45, 2.75) is 59.5 Å². The molecule has 0 bridgehead atoms. The standard InChI is InChI=1S/C28H37N7O/c1-4-7-11-23-20-34(17-16-21(6-3)10-5-2)28(36)35(23)19-22-14-15-26(31-18-22)24-12-8-9-13-25(24)27(32-29)33-30/h5-6,8-10,12-15,18,20H,4,7,11,16-17,19,29-30H2,1-3H3,(H,32,33)/b10-5-,21-6+. The van der Waals surface area contributed by atoms with Crippen LogP contribution >= 0.6 is 0 Å². The molecule has 1 aromatic carbocycles. The van der Waals surface area contributed by atoms with Gasteiger partial charge >= 0.3 is 5.69 Å². The van der Waals surface area contributed by atoms with E-state index in [1.807, 2.05) is 77.8 Å². The number of pyridine rings is 1. The first kappa shape index (κ1) is 26.7. The summed E-state index contributed by atoms with van der Waals surface area (Å²) in [4.78, 5) is 18.0. The van der Waals surface area contributed by atoms with Crippen LogP contribution in [0.1, 0.15) is 56.9 Å². The molecule has 36 heavy (non-hydrogen) atoms. The molecule has 0 saturated carbocycles. The minimum atomic E-state index is 0.0178. The van der Waals surface area contributed by atoms with Crippen molar-refractivity contribution in [2.24, 2.45) is 16.8 Å². The second kappa shape index (κ2) is 13.3. The Kier molecular flexibility index (Phi) is 9.82. The average Bonchev–Trinajstić information content (AvgIpc) is 3.20. The lowest BCUT2D eigenvalue weighted by Gasteiger charge is -2.11. The van der Waals surface area contributed by atoms with Crippen LogP contribution in [-0.4, -0.2) is 20.0 Å². The molecule has 0 radical (unpaired) electrons. The van der Waals surface area contributed by atoms with Crippen LogP contribution in [0.15, 0.2) is 82.5 Å². The Morgan fingerprint density at radius 3 is 2.64 bits per heavy atom. The van der Waals surface area contributed by atoms with Crippen LogP contribution in [0.3, 0.4) is 0 Å². The number of aromatic nitrogens is 3. The Bertz CT molecular complexity index is 1280. The summed E-state index contributed by atoms with van der Waals surface area (Å²) >= 11 is 0. The number of hydrazine groups is 1. The molecular formula is C28H37N7O. The Morgan fingerprint density at radius 1 is 1.19 bits per heavy atom. The van der Waals surface area contributed by atoms with E-state index in [1.165, 1.54) is 5.57 Å². The van der Waals surface area contributed by atoms with Gasteiger partial charge in [0.2, 0.25) is 0 Å². The van der Waals surface area contributed by atoms with Crippen molar-refractivity contribution in [3.63, 3.8) is 0 Å². The molecule has 0 saturated heterocycles. The Hall–Kier alpha value is -3.91. The number of amidine groups is 1. The van der Waals surface area contributed by atoms with E-state index in [1.54, 1.807) is 0 Å². The van der Waals surface area contributed by atoms with E-state index in [-0.39, 0.29) is 5.69 Å². The molecule has 0 aliphatic carbocycles. The summed E-state index contributed by atoms with van der Waals surface area (Å²) in [7, 11) is 0. The van der Waals surface area contributed by atoms with Gasteiger partial charge in [0.15, 0.2) is 5.84 Å². The van der Waals surface area contributed by atoms with Gasteiger partial charge in [0.1, 0.15) is 0 Å². The van der Waals surface area contributed by atoms with Crippen molar-refractivity contribution >= 4 is 5.84 Å². The third-order valence-electron chi connectivity index (χ3n) is 6.20. The fourth-order valence-corrected chi connectivity index (χ4v) is 4.21. The van der Waals surface area contributed by atoms with Gasteiger partial charge in [-0.25, -0.2) is 10.6 Å². The number of allylic oxidation sites excluding steroid dienone is 4. The van der Waals surface area contributed by atoms with E-state index in [0.717, 1.165) is 53.8 Å². The van der Waals surface area contributed by atoms with Crippen molar-refractivity contribution in [3.8, 4) is 11.3 Å². The van der Waals surface area contributed by atoms with Gasteiger partial charge in [-0.15, -0.1) is 0 Å². The van der Waals surface area contributed by atoms with Gasteiger partial charge in [-0.05, 0) is 44.7 Å². The maximum Gasteiger partial charge on any atom is 0.328 e. The zero-order chi connectivity index (χ0) is 25.9. The summed E-state index contributed by atoms with van der Waals surface area (Å²) in [6.07, 6.45) is 13.9. The van der Waals surface area contributed by atoms with Crippen molar-refractivity contribution < 1.29 is 0 Å². The molecular weight excluding hydrogens is 450 g/mol. The van der Waals surface area contributed by atoms with Crippen LogP contribution in [0, 0.1) is 0 Å². The number of nitrogens with two attached hydrogens (primary N) is 2. The normalized spacial score (nSPS) is 12.4. The first-order valence-corrected chi connectivity index (χ1v) is 12.4. The monoisotopic (exact) mass is 487 g/mol. The van der Waals surface area contributed by atoms with E-state index < -0.39 is 0 Å². The second-order valence-corrected chi connectivity index (χ2v) is 8.62. The molecule has 0 unspecified atom stereocenters. The molecule has 2 aromatic heterocycles. The molecule has 8 nitrogen and oxygen atoms in total. The zero-order valence-corrected chi connectivity index (χ0v) is 21.4. The highest BCUT2D eigenvalue weighted by molar-refractivity contribution is 6.03. The van der Waals surface area contributed by atoms with Gasteiger partial charge in [-0.3, -0.25) is 14.1 Å². The highest BCUT2D eigenvalue weighted by Crippen LogP contribution is 2.22. The Labute approximate surface area is 213 Å². The number of benzene rings is 1. The largest absolute Gasteiger partial charge is 0.328 e. The summed E-state index contributed by atoms with van der Waals surface area (Å²) in [6.45, 7) is 7.33. The smallest absolute Gasteiger partial charge is 0.321 e. The second-order valence-electron chi connectivity index (χ2n) is 8.62. The number of aryl methyl sites for hydroxylation is 2. The Morgan fingerprint density at radius 2 is 2.00 bits per heavy atom. The molecule has 0 amide bonds. The Balaban J connectivity index is 1.87. The third-order valence-corrected chi connectivity index (χ3v) is 6.20. The van der Waals surface area contributed by atoms with Gasteiger partial charge in [0.05, 0.1) is 12.2 Å². The topological polar surface area (TPSA) is 116 Å². The summed E-state index contributed by atoms with van der Waals surface area (Å²) in [5.74, 6) is 11.4. The summed E-state index contributed by atoms with van der Waals surface area (Å²) in [5.41, 5.74) is 8.18. The number of hydrogen-bond donors (Lipinski definition) is 3. The third kappa shape index (κ3) is 6.40. The predicted octanol–water partition coefficient (Wildman–Crippen LogP) is 4.10. The van der Waals surface area contributed by atoms with Crippen LogP contribution in [0.5, 0.6) is 0 Å². The van der Waals surface area contributed by atoms with E-state index in [9.17, 15) is 4.79 Å². The van der Waals surface area contributed by atoms with Gasteiger partial charge in [-0.2, -0.15) is 5.10 Å². The lowest BCUT2D eigenvalue weighted by Crippen LogP contribution is -2.32. The van der Waals surface area contributed by atoms with Crippen LogP contribution < -0.4 is 22.8 Å². The number of rotatable bonds is 11. The van der Waals surface area contributed by atoms with Gasteiger partial charge < -0.3 is 11.3 Å². The van der Waals surface area contributed by atoms with Gasteiger partial charge in [0, 0.05) is 35.8 Å². The molecule has 3 rings (SSSR count). The molecule has 190 valence electrons. The molecule has 0 aliphatic heterocycles. The van der Waals surface area contributed by atoms with Crippen LogP contribution in [-0.2, 0) is 19.5 Å². The number of nitrogens with one attached hydrogen (secondary N) is 1. The van der Waals surface area contributed by atoms with E-state index in [4.69, 9.17) is 11.7 Å². The average molecular weight is 488 g/mol. The molecule has 0 atom stereocenters. The van der Waals surface area contributed by atoms with Crippen molar-refractivity contribution in [2.75, 3.05) is 0 Å². The molecule has 0 aliphatic rings. The van der Waals surface area contributed by atoms with E-state index >= 15 is 0 Å². The number of imidazole rings is 1. The minimum Gasteiger partial charge on any atom is -0.321 e. The molecule has 8 heteroatoms. The van der Waals surface area contributed by atoms with Crippen LogP contribution in [0.2, 0.25) is 0 Å². The van der Waals surface area contributed by atoms with Gasteiger partial charge in [-0.1, -0.05) is 67.5 Å². The van der Waals surface area contributed by atoms with Crippen LogP contribution in [0.4, 0.5) is 0 Å². The molecule has 0 fully saturated rings. The number of hydrogen-bond acceptors (Lipinski definition) is 5. The fraction of sp³-hybridized carbons (Fsp3) is 0.321. The first-order chi connectivity index (χ1) is 17.6. The number of nitrogens with zero attached hydrogens (tertiary/aromatic N) is 4. The molecule has 0 spiro atoms. The van der Waals surface area contributed by atoms with Crippen molar-refractivity contribution in [1.82, 2.24) is 19.5 Å². The number of unbranched alkanes of at least 4 members (excludes halogenated alkanes) is 1. The lowest BCUT2D eigenvalue weighted by atomic mass is 10.0. The fourth-order valence-electron chi connectivity index (χ4n) is 4.21. The maximum atomic E-state index is 13.3. The highest BCUT2D eigenvalue weighted by Gasteiger charge is 2.14. The first-order valence-electron chi connectivity index (χ1n) is 12.4. The number of hydrazone groups is 1. The molecule has 3 aromatic rings. The quantitative estimate of drug-likeness (QED) is 0.124. The van der Waals surface area contributed by atoms with E-state index in [0.29, 0.717) is 18.9 Å². The summed E-state index contributed by atoms with van der Waals surface area (Å²) < 4.78 is 3.71. The minimum absolute atomic E-state index is 0.0178. The van der Waals surface area contributed by atoms with Crippen LogP contribution in [0.25, 0.3) is 11.3 Å². The van der Waals surface area contributed by atoms with Crippen molar-refractivity contribution in [3.05, 3.63) is 99.9 Å². The van der Waals surface area contributed by atoms with Crippen molar-refractivity contribution in [1.29, 1.82) is 0 Å². The SMILES string of the molecule is C/C=C\C(=C/C)CCn1cc(CCCC)n(Cc2ccc(-c3ccccc3C(=NN)NN)nc2)c1=O. The predicted molar refractivity (Wildman–Crippen MR) is 147 cm³/mol. The van der Waals surface area contributed by atoms with E-state index in [2.05, 4.69) is 34.6 Å². The molecule has 2 heterocycles. The zero-order valence-electron chi connectivity index (χ0n) is 21.4. The maximum absolute atomic E-state index is 13.3. The molecule has 5 N–H and O–H groups in total. The summed E-state index contributed by atoms with van der Waals surface area (Å²) in [6, 6.07) is 11.6.